The van der Waals surface area contributed by atoms with Gasteiger partial charge < -0.3 is 15.6 Å². The summed E-state index contributed by atoms with van der Waals surface area (Å²) in [6, 6.07) is 0.712. The van der Waals surface area contributed by atoms with Crippen LogP contribution < -0.4 is 5.73 Å². The third-order valence-corrected chi connectivity index (χ3v) is 0.794. The van der Waals surface area contributed by atoms with Gasteiger partial charge in [0.2, 0.25) is 0 Å². The smallest absolute Gasteiger partial charge is 0.183 e. The molecule has 0 bridgehead atoms. The van der Waals surface area contributed by atoms with E-state index in [1.54, 1.807) is 13.0 Å². The molecular formula is C5H10N2O2. The van der Waals surface area contributed by atoms with Gasteiger partial charge in [-0.1, -0.05) is 0 Å². The van der Waals surface area contributed by atoms with E-state index in [9.17, 15) is 0 Å². The lowest BCUT2D eigenvalue weighted by molar-refractivity contribution is -0.0989. The average molecular weight is 130 g/mol. The van der Waals surface area contributed by atoms with Crippen LogP contribution in [0.15, 0.2) is 0 Å². The maximum absolute atomic E-state index is 8.75. The molecule has 0 aromatic carbocycles. The summed E-state index contributed by atoms with van der Waals surface area (Å²) >= 11 is 0. The maximum atomic E-state index is 8.75. The summed E-state index contributed by atoms with van der Waals surface area (Å²) in [6.45, 7) is 2.07. The van der Waals surface area contributed by atoms with Gasteiger partial charge in [-0.3, -0.25) is 0 Å². The van der Waals surface area contributed by atoms with Crippen LogP contribution in [0.2, 0.25) is 0 Å². The second kappa shape index (κ2) is 4.27. The molecule has 52 valence electrons. The van der Waals surface area contributed by atoms with Crippen molar-refractivity contribution in [2.24, 2.45) is 5.73 Å². The van der Waals surface area contributed by atoms with Crippen LogP contribution in [0.5, 0.6) is 0 Å². The van der Waals surface area contributed by atoms with E-state index in [1.807, 2.05) is 0 Å². The van der Waals surface area contributed by atoms with Crippen molar-refractivity contribution in [1.29, 1.82) is 5.26 Å². The van der Waals surface area contributed by atoms with Crippen molar-refractivity contribution in [3.05, 3.63) is 0 Å². The number of rotatable bonds is 3. The molecule has 0 heterocycles. The van der Waals surface area contributed by atoms with Crippen molar-refractivity contribution in [3.63, 3.8) is 0 Å². The van der Waals surface area contributed by atoms with Crippen molar-refractivity contribution in [1.82, 2.24) is 0 Å². The van der Waals surface area contributed by atoms with Gasteiger partial charge in [0.05, 0.1) is 6.07 Å². The maximum Gasteiger partial charge on any atom is 0.183 e. The molecule has 0 aliphatic rings. The van der Waals surface area contributed by atoms with Gasteiger partial charge in [-0.15, -0.1) is 0 Å². The van der Waals surface area contributed by atoms with E-state index in [0.29, 0.717) is 6.61 Å². The molecule has 0 saturated heterocycles. The number of hydrogen-bond donors (Lipinski definition) is 2. The Balaban J connectivity index is 3.48. The first-order valence-electron chi connectivity index (χ1n) is 2.67. The summed E-state index contributed by atoms with van der Waals surface area (Å²) < 4.78 is 4.60. The SMILES string of the molecule is CCOC(O)C(N)C#N. The Morgan fingerprint density at radius 3 is 2.78 bits per heavy atom. The Hall–Kier alpha value is -0.630. The highest BCUT2D eigenvalue weighted by atomic mass is 16.6. The van der Waals surface area contributed by atoms with E-state index in [0.717, 1.165) is 0 Å². The molecule has 0 aliphatic heterocycles. The topological polar surface area (TPSA) is 79.3 Å². The summed E-state index contributed by atoms with van der Waals surface area (Å²) in [4.78, 5) is 0. The molecule has 3 N–H and O–H groups in total. The Morgan fingerprint density at radius 2 is 2.44 bits per heavy atom. The fourth-order valence-corrected chi connectivity index (χ4v) is 0.338. The second-order valence-corrected chi connectivity index (χ2v) is 1.50. The van der Waals surface area contributed by atoms with Crippen molar-refractivity contribution in [3.8, 4) is 6.07 Å². The Labute approximate surface area is 53.8 Å². The van der Waals surface area contributed by atoms with Gasteiger partial charge in [0.25, 0.3) is 0 Å². The molecule has 0 spiro atoms. The van der Waals surface area contributed by atoms with Crippen LogP contribution >= 0.6 is 0 Å². The average Bonchev–Trinajstić information content (AvgIpc) is 1.87. The van der Waals surface area contributed by atoms with Crippen LogP contribution in [0.1, 0.15) is 6.92 Å². The number of aliphatic hydroxyl groups excluding tert-OH is 1. The van der Waals surface area contributed by atoms with Gasteiger partial charge >= 0.3 is 0 Å². The molecule has 0 radical (unpaired) electrons. The van der Waals surface area contributed by atoms with Gasteiger partial charge in [-0.25, -0.2) is 0 Å². The van der Waals surface area contributed by atoms with Crippen molar-refractivity contribution >= 4 is 0 Å². The molecule has 0 rings (SSSR count). The van der Waals surface area contributed by atoms with Crippen LogP contribution in [-0.4, -0.2) is 24.0 Å². The predicted octanol–water partition coefficient (Wildman–Crippen LogP) is -0.808. The lowest BCUT2D eigenvalue weighted by Crippen LogP contribution is -2.35. The van der Waals surface area contributed by atoms with E-state index in [4.69, 9.17) is 16.1 Å². The lowest BCUT2D eigenvalue weighted by atomic mass is 10.3. The molecule has 0 amide bonds. The fourth-order valence-electron chi connectivity index (χ4n) is 0.338. The molecular weight excluding hydrogens is 120 g/mol. The van der Waals surface area contributed by atoms with Gasteiger partial charge in [0.15, 0.2) is 6.29 Å². The van der Waals surface area contributed by atoms with Gasteiger partial charge in [0.1, 0.15) is 6.04 Å². The molecule has 0 aromatic rings. The first-order valence-corrected chi connectivity index (χ1v) is 2.67. The number of nitriles is 1. The van der Waals surface area contributed by atoms with E-state index >= 15 is 0 Å². The molecule has 4 nitrogen and oxygen atoms in total. The van der Waals surface area contributed by atoms with Gasteiger partial charge in [0, 0.05) is 6.61 Å². The molecule has 2 unspecified atom stereocenters. The summed E-state index contributed by atoms with van der Waals surface area (Å²) in [5.41, 5.74) is 5.07. The van der Waals surface area contributed by atoms with Crippen molar-refractivity contribution in [2.75, 3.05) is 6.61 Å². The highest BCUT2D eigenvalue weighted by Crippen LogP contribution is 1.89. The molecule has 0 aliphatic carbocycles. The summed E-state index contributed by atoms with van der Waals surface area (Å²) in [7, 11) is 0. The zero-order chi connectivity index (χ0) is 7.28. The number of nitrogens with zero attached hydrogens (tertiary/aromatic N) is 1. The zero-order valence-electron chi connectivity index (χ0n) is 5.24. The van der Waals surface area contributed by atoms with E-state index in [2.05, 4.69) is 4.74 Å². The monoisotopic (exact) mass is 130 g/mol. The minimum Gasteiger partial charge on any atom is -0.366 e. The first kappa shape index (κ1) is 8.37. The summed E-state index contributed by atoms with van der Waals surface area (Å²) in [5.74, 6) is 0. The minimum absolute atomic E-state index is 0.358. The summed E-state index contributed by atoms with van der Waals surface area (Å²) in [6.07, 6.45) is -1.15. The van der Waals surface area contributed by atoms with Gasteiger partial charge in [-0.2, -0.15) is 5.26 Å². The predicted molar refractivity (Wildman–Crippen MR) is 31.2 cm³/mol. The largest absolute Gasteiger partial charge is 0.366 e. The van der Waals surface area contributed by atoms with E-state index in [-0.39, 0.29) is 0 Å². The highest BCUT2D eigenvalue weighted by Gasteiger charge is 2.11. The fraction of sp³-hybridized carbons (Fsp3) is 0.800. The van der Waals surface area contributed by atoms with E-state index in [1.165, 1.54) is 0 Å². The Bertz CT molecular complexity index is 110. The highest BCUT2D eigenvalue weighted by molar-refractivity contribution is 4.88. The number of nitrogens with two attached hydrogens (primary N) is 1. The second-order valence-electron chi connectivity index (χ2n) is 1.50. The number of hydrogen-bond acceptors (Lipinski definition) is 4. The Kier molecular flexibility index (Phi) is 3.97. The minimum atomic E-state index is -1.15. The zero-order valence-corrected chi connectivity index (χ0v) is 5.24. The molecule has 0 aromatic heterocycles. The van der Waals surface area contributed by atoms with Crippen molar-refractivity contribution in [2.45, 2.75) is 19.3 Å². The van der Waals surface area contributed by atoms with Crippen LogP contribution in [0.25, 0.3) is 0 Å². The first-order chi connectivity index (χ1) is 4.22. The summed E-state index contributed by atoms with van der Waals surface area (Å²) in [5, 5.41) is 16.9. The van der Waals surface area contributed by atoms with E-state index < -0.39 is 12.3 Å². The molecule has 0 fully saturated rings. The number of ether oxygens (including phenoxy) is 1. The normalized spacial score (nSPS) is 16.2. The third kappa shape index (κ3) is 3.03. The van der Waals surface area contributed by atoms with Crippen molar-refractivity contribution < 1.29 is 9.84 Å². The van der Waals surface area contributed by atoms with Gasteiger partial charge in [-0.05, 0) is 6.92 Å². The molecule has 0 saturated carbocycles. The quantitative estimate of drug-likeness (QED) is 0.490. The molecule has 2 atom stereocenters. The lowest BCUT2D eigenvalue weighted by Gasteiger charge is -2.10. The van der Waals surface area contributed by atoms with Crippen LogP contribution in [0.4, 0.5) is 0 Å². The third-order valence-electron chi connectivity index (χ3n) is 0.794. The number of aliphatic hydroxyl groups is 1. The Morgan fingerprint density at radius 1 is 1.89 bits per heavy atom. The standard InChI is InChI=1S/C5H10N2O2/c1-2-9-5(8)4(7)3-6/h4-5,8H,2,7H2,1H3. The molecule has 4 heteroatoms. The van der Waals surface area contributed by atoms with Crippen LogP contribution in [0.3, 0.4) is 0 Å². The van der Waals surface area contributed by atoms with Crippen LogP contribution in [0, 0.1) is 11.3 Å². The molecule has 9 heavy (non-hydrogen) atoms. The van der Waals surface area contributed by atoms with Crippen LogP contribution in [-0.2, 0) is 4.74 Å².